The van der Waals surface area contributed by atoms with Crippen molar-refractivity contribution < 1.29 is 0 Å². The van der Waals surface area contributed by atoms with Crippen LogP contribution in [-0.2, 0) is 5.41 Å². The quantitative estimate of drug-likeness (QED) is 0.167. The molecule has 0 fully saturated rings. The number of rotatable bonds is 7. The monoisotopic (exact) mass is 684 g/mol. The molecule has 0 radical (unpaired) electrons. The normalized spacial score (nSPS) is 12.6. The van der Waals surface area contributed by atoms with Gasteiger partial charge in [-0.15, -0.1) is 0 Å². The van der Waals surface area contributed by atoms with E-state index in [0.717, 1.165) is 38.9 Å². The van der Waals surface area contributed by atoms with Crippen LogP contribution in [0.4, 0.5) is 34.4 Å². The van der Waals surface area contributed by atoms with Crippen molar-refractivity contribution in [3.8, 4) is 22.3 Å². The summed E-state index contributed by atoms with van der Waals surface area (Å²) in [6.45, 7) is 4.63. The van der Waals surface area contributed by atoms with Gasteiger partial charge in [0.1, 0.15) is 11.6 Å². The second kappa shape index (κ2) is 12.3. The number of nitrogens with zero attached hydrogens (tertiary/aromatic N) is 4. The van der Waals surface area contributed by atoms with Crippen molar-refractivity contribution in [3.05, 3.63) is 180 Å². The summed E-state index contributed by atoms with van der Waals surface area (Å²) >= 11 is 3.88. The largest absolute Gasteiger partial charge is 0.295 e. The summed E-state index contributed by atoms with van der Waals surface area (Å²) < 4.78 is 0.951. The summed E-state index contributed by atoms with van der Waals surface area (Å²) in [5.74, 6) is 1.67. The Morgan fingerprint density at radius 1 is 0.458 bits per heavy atom. The van der Waals surface area contributed by atoms with Gasteiger partial charge < -0.3 is 0 Å². The highest BCUT2D eigenvalue weighted by Gasteiger charge is 2.35. The van der Waals surface area contributed by atoms with E-state index in [2.05, 4.69) is 155 Å². The minimum atomic E-state index is -0.123. The maximum absolute atomic E-state index is 4.84. The molecule has 0 aliphatic heterocycles. The van der Waals surface area contributed by atoms with Crippen LogP contribution >= 0.6 is 15.9 Å². The Morgan fingerprint density at radius 3 is 1.65 bits per heavy atom. The third-order valence-electron chi connectivity index (χ3n) is 9.20. The van der Waals surface area contributed by atoms with Gasteiger partial charge in [-0.25, -0.2) is 9.97 Å². The molecule has 0 atom stereocenters. The molecular formula is C43H33BrN4. The van der Waals surface area contributed by atoms with Gasteiger partial charge in [0.05, 0.1) is 11.4 Å². The van der Waals surface area contributed by atoms with E-state index in [4.69, 9.17) is 9.97 Å². The molecule has 232 valence electrons. The summed E-state index contributed by atoms with van der Waals surface area (Å²) in [6.07, 6.45) is 3.69. The number of pyridine rings is 2. The molecule has 5 aromatic carbocycles. The van der Waals surface area contributed by atoms with Crippen molar-refractivity contribution >= 4 is 50.3 Å². The first-order valence-corrected chi connectivity index (χ1v) is 16.9. The molecule has 0 saturated heterocycles. The molecule has 4 nitrogen and oxygen atoms in total. The first-order valence-electron chi connectivity index (χ1n) is 16.1. The zero-order chi connectivity index (χ0) is 32.7. The Labute approximate surface area is 290 Å². The van der Waals surface area contributed by atoms with E-state index in [0.29, 0.717) is 0 Å². The summed E-state index contributed by atoms with van der Waals surface area (Å²) in [5, 5.41) is 0. The number of benzene rings is 5. The Bertz CT molecular complexity index is 2220. The molecule has 5 heteroatoms. The van der Waals surface area contributed by atoms with Gasteiger partial charge in [0.15, 0.2) is 0 Å². The number of hydrogen-bond acceptors (Lipinski definition) is 4. The van der Waals surface area contributed by atoms with Crippen molar-refractivity contribution in [1.82, 2.24) is 9.97 Å². The van der Waals surface area contributed by atoms with Crippen molar-refractivity contribution in [3.63, 3.8) is 0 Å². The van der Waals surface area contributed by atoms with Crippen LogP contribution in [0.15, 0.2) is 169 Å². The summed E-state index contributed by atoms with van der Waals surface area (Å²) in [5.41, 5.74) is 11.5. The smallest absolute Gasteiger partial charge is 0.137 e. The summed E-state index contributed by atoms with van der Waals surface area (Å²) in [7, 11) is 0. The van der Waals surface area contributed by atoms with Gasteiger partial charge in [-0.3, -0.25) is 9.80 Å². The number of aromatic nitrogens is 2. The highest BCUT2D eigenvalue weighted by atomic mass is 79.9. The Balaban J connectivity index is 1.27. The van der Waals surface area contributed by atoms with E-state index in [1.165, 1.54) is 33.4 Å². The van der Waals surface area contributed by atoms with Crippen molar-refractivity contribution in [1.29, 1.82) is 0 Å². The fourth-order valence-electron chi connectivity index (χ4n) is 6.88. The molecule has 7 aromatic rings. The van der Waals surface area contributed by atoms with Gasteiger partial charge >= 0.3 is 0 Å². The molecule has 0 bridgehead atoms. The first kappa shape index (κ1) is 29.9. The average Bonchev–Trinajstić information content (AvgIpc) is 3.36. The average molecular weight is 686 g/mol. The number of hydrogen-bond donors (Lipinski definition) is 0. The van der Waals surface area contributed by atoms with E-state index in [1.807, 2.05) is 48.8 Å². The van der Waals surface area contributed by atoms with E-state index in [1.54, 1.807) is 0 Å². The molecule has 2 aromatic heterocycles. The lowest BCUT2D eigenvalue weighted by Crippen LogP contribution is -2.17. The molecule has 0 spiro atoms. The Hall–Kier alpha value is -5.52. The van der Waals surface area contributed by atoms with Crippen LogP contribution in [0, 0.1) is 0 Å². The summed E-state index contributed by atoms with van der Waals surface area (Å²) in [6, 6.07) is 53.3. The van der Waals surface area contributed by atoms with Crippen LogP contribution in [0.25, 0.3) is 22.3 Å². The third kappa shape index (κ3) is 5.36. The fraction of sp³-hybridized carbons (Fsp3) is 0.0698. The van der Waals surface area contributed by atoms with Crippen molar-refractivity contribution in [2.45, 2.75) is 19.3 Å². The van der Waals surface area contributed by atoms with Gasteiger partial charge in [-0.1, -0.05) is 115 Å². The van der Waals surface area contributed by atoms with Gasteiger partial charge in [0.25, 0.3) is 0 Å². The second-order valence-corrected chi connectivity index (χ2v) is 13.4. The Morgan fingerprint density at radius 2 is 1.00 bits per heavy atom. The molecule has 1 aliphatic carbocycles. The van der Waals surface area contributed by atoms with Gasteiger partial charge in [0.2, 0.25) is 0 Å². The molecule has 0 amide bonds. The highest BCUT2D eigenvalue weighted by molar-refractivity contribution is 9.10. The lowest BCUT2D eigenvalue weighted by molar-refractivity contribution is 0.660. The van der Waals surface area contributed by atoms with Gasteiger partial charge in [0, 0.05) is 33.7 Å². The molecule has 2 heterocycles. The van der Waals surface area contributed by atoms with E-state index in [-0.39, 0.29) is 5.41 Å². The Kier molecular flexibility index (Phi) is 7.62. The predicted molar refractivity (Wildman–Crippen MR) is 202 cm³/mol. The fourth-order valence-corrected chi connectivity index (χ4v) is 7.35. The van der Waals surface area contributed by atoms with Crippen LogP contribution in [-0.4, -0.2) is 9.97 Å². The molecule has 48 heavy (non-hydrogen) atoms. The van der Waals surface area contributed by atoms with Crippen LogP contribution in [0.2, 0.25) is 0 Å². The maximum Gasteiger partial charge on any atom is 0.137 e. The van der Waals surface area contributed by atoms with Gasteiger partial charge in [-0.2, -0.15) is 0 Å². The topological polar surface area (TPSA) is 32.3 Å². The standard InChI is InChI=1S/C43H33BrN4/c1-43(2)39-15-7-6-14-37(39)38-23-22-34(29-40(38)43)48(42-17-9-11-25-46-42)36-27-32(44)26-35(28-36)47(41-16-8-10-24-45-41)33-20-18-31(19-21-33)30-12-4-3-5-13-30/h3-29H,1-2H3. The van der Waals surface area contributed by atoms with Crippen LogP contribution in [0.3, 0.4) is 0 Å². The van der Waals surface area contributed by atoms with E-state index < -0.39 is 0 Å². The minimum Gasteiger partial charge on any atom is -0.295 e. The van der Waals surface area contributed by atoms with Crippen molar-refractivity contribution in [2.24, 2.45) is 0 Å². The number of halogens is 1. The van der Waals surface area contributed by atoms with Crippen LogP contribution in [0.5, 0.6) is 0 Å². The molecule has 0 saturated carbocycles. The zero-order valence-corrected chi connectivity index (χ0v) is 28.3. The number of fused-ring (bicyclic) bond motifs is 3. The first-order chi connectivity index (χ1) is 23.5. The predicted octanol–water partition coefficient (Wildman–Crippen LogP) is 12.2. The SMILES string of the molecule is CC1(C)c2ccccc2-c2ccc(N(c3cc(Br)cc(N(c4ccc(-c5ccccc5)cc4)c4ccccn4)c3)c3ccccn3)cc21. The second-order valence-electron chi connectivity index (χ2n) is 12.5. The molecule has 0 unspecified atom stereocenters. The maximum atomic E-state index is 4.84. The van der Waals surface area contributed by atoms with Crippen LogP contribution < -0.4 is 9.80 Å². The van der Waals surface area contributed by atoms with Crippen molar-refractivity contribution in [2.75, 3.05) is 9.80 Å². The molecule has 0 N–H and O–H groups in total. The lowest BCUT2D eigenvalue weighted by atomic mass is 9.82. The van der Waals surface area contributed by atoms with Gasteiger partial charge in [-0.05, 0) is 100 Å². The lowest BCUT2D eigenvalue weighted by Gasteiger charge is -2.29. The van der Waals surface area contributed by atoms with E-state index in [9.17, 15) is 0 Å². The van der Waals surface area contributed by atoms with E-state index >= 15 is 0 Å². The minimum absolute atomic E-state index is 0.123. The third-order valence-corrected chi connectivity index (χ3v) is 9.66. The molecule has 1 aliphatic rings. The molecule has 8 rings (SSSR count). The molecular weight excluding hydrogens is 652 g/mol. The highest BCUT2D eigenvalue weighted by Crippen LogP contribution is 2.51. The summed E-state index contributed by atoms with van der Waals surface area (Å²) in [4.78, 5) is 14.1. The number of anilines is 6. The van der Waals surface area contributed by atoms with Crippen LogP contribution in [0.1, 0.15) is 25.0 Å². The zero-order valence-electron chi connectivity index (χ0n) is 26.8.